The molecule has 0 radical (unpaired) electrons. The maximum Gasteiger partial charge on any atom is 0.271 e. The van der Waals surface area contributed by atoms with Crippen molar-refractivity contribution in [1.29, 1.82) is 0 Å². The first kappa shape index (κ1) is 21.0. The monoisotopic (exact) mass is 350 g/mol. The molecule has 0 aromatic heterocycles. The summed E-state index contributed by atoms with van der Waals surface area (Å²) in [6.45, 7) is 4.07. The van der Waals surface area contributed by atoms with Crippen molar-refractivity contribution in [2.75, 3.05) is 14.2 Å². The molecule has 1 rings (SSSR count). The molecule has 0 atom stereocenters. The fraction of sp³-hybridized carbons (Fsp3) is 0.579. The summed E-state index contributed by atoms with van der Waals surface area (Å²) < 4.78 is 10.4. The first-order valence-corrected chi connectivity index (χ1v) is 8.78. The quantitative estimate of drug-likeness (QED) is 0.474. The number of ether oxygens (including phenoxy) is 2. The molecule has 6 nitrogen and oxygen atoms in total. The second-order valence-electron chi connectivity index (χ2n) is 6.05. The number of nitrogens with zero attached hydrogens (tertiary/aromatic N) is 1. The normalized spacial score (nSPS) is 11.6. The van der Waals surface area contributed by atoms with Gasteiger partial charge >= 0.3 is 0 Å². The lowest BCUT2D eigenvalue weighted by molar-refractivity contribution is -0.141. The standard InChI is InChI=1S/C19H30N2O4/c1-5-7-11-19(23,12-8-6-2)18(22)21-20-14-15-9-10-16(24-3)17(13-15)25-4/h9-10,13-14,23H,5-8,11-12H2,1-4H3,(H,21,22)/b20-14-. The van der Waals surface area contributed by atoms with Crippen LogP contribution in [0.2, 0.25) is 0 Å². The number of unbranched alkanes of at least 4 members (excludes halogenated alkanes) is 2. The van der Waals surface area contributed by atoms with Gasteiger partial charge in [-0.15, -0.1) is 0 Å². The molecule has 140 valence electrons. The number of carbonyl (C=O) groups is 1. The molecule has 0 saturated heterocycles. The largest absolute Gasteiger partial charge is 0.493 e. The SMILES string of the molecule is CCCCC(O)(CCCC)C(=O)N/N=C\c1ccc(OC)c(OC)c1. The van der Waals surface area contributed by atoms with E-state index in [1.807, 2.05) is 13.8 Å². The Bertz CT molecular complexity index is 565. The minimum Gasteiger partial charge on any atom is -0.493 e. The van der Waals surface area contributed by atoms with Crippen molar-refractivity contribution in [3.63, 3.8) is 0 Å². The molecule has 0 aliphatic heterocycles. The first-order valence-electron chi connectivity index (χ1n) is 8.78. The third-order valence-corrected chi connectivity index (χ3v) is 4.10. The van der Waals surface area contributed by atoms with Gasteiger partial charge in [0.1, 0.15) is 5.60 Å². The Morgan fingerprint density at radius 3 is 2.28 bits per heavy atom. The highest BCUT2D eigenvalue weighted by Crippen LogP contribution is 2.27. The summed E-state index contributed by atoms with van der Waals surface area (Å²) in [6, 6.07) is 5.33. The van der Waals surface area contributed by atoms with Crippen molar-refractivity contribution in [3.8, 4) is 11.5 Å². The summed E-state index contributed by atoms with van der Waals surface area (Å²) in [5.74, 6) is 0.753. The Morgan fingerprint density at radius 1 is 1.16 bits per heavy atom. The van der Waals surface area contributed by atoms with Crippen LogP contribution in [0.4, 0.5) is 0 Å². The summed E-state index contributed by atoms with van der Waals surface area (Å²) in [7, 11) is 3.13. The minimum atomic E-state index is -1.36. The highest BCUT2D eigenvalue weighted by molar-refractivity contribution is 5.87. The van der Waals surface area contributed by atoms with Crippen molar-refractivity contribution in [1.82, 2.24) is 5.43 Å². The zero-order valence-corrected chi connectivity index (χ0v) is 15.7. The van der Waals surface area contributed by atoms with Crippen molar-refractivity contribution in [2.45, 2.75) is 58.0 Å². The number of benzene rings is 1. The zero-order chi connectivity index (χ0) is 18.7. The van der Waals surface area contributed by atoms with Crippen molar-refractivity contribution in [2.24, 2.45) is 5.10 Å². The number of hydrogen-bond donors (Lipinski definition) is 2. The number of aliphatic hydroxyl groups is 1. The Labute approximate surface area is 150 Å². The Kier molecular flexibility index (Phi) is 8.99. The van der Waals surface area contributed by atoms with Gasteiger partial charge in [0, 0.05) is 0 Å². The van der Waals surface area contributed by atoms with Crippen LogP contribution >= 0.6 is 0 Å². The molecule has 0 bridgehead atoms. The third kappa shape index (κ3) is 6.38. The molecule has 0 fully saturated rings. The van der Waals surface area contributed by atoms with E-state index in [0.29, 0.717) is 24.3 Å². The van der Waals surface area contributed by atoms with Gasteiger partial charge in [0.25, 0.3) is 5.91 Å². The van der Waals surface area contributed by atoms with Crippen LogP contribution < -0.4 is 14.9 Å². The van der Waals surface area contributed by atoms with E-state index in [1.54, 1.807) is 32.4 Å². The molecule has 0 saturated carbocycles. The summed E-state index contributed by atoms with van der Waals surface area (Å²) in [5.41, 5.74) is 1.86. The van der Waals surface area contributed by atoms with Crippen LogP contribution in [0, 0.1) is 0 Å². The number of amides is 1. The van der Waals surface area contributed by atoms with E-state index in [-0.39, 0.29) is 0 Å². The predicted molar refractivity (Wildman–Crippen MR) is 99.3 cm³/mol. The minimum absolute atomic E-state index is 0.446. The van der Waals surface area contributed by atoms with Crippen LogP contribution in [0.15, 0.2) is 23.3 Å². The molecule has 0 unspecified atom stereocenters. The van der Waals surface area contributed by atoms with Crippen molar-refractivity contribution >= 4 is 12.1 Å². The first-order chi connectivity index (χ1) is 12.0. The van der Waals surface area contributed by atoms with Crippen LogP contribution in [0.25, 0.3) is 0 Å². The van der Waals surface area contributed by atoms with Gasteiger partial charge in [-0.2, -0.15) is 5.10 Å². The molecule has 6 heteroatoms. The molecular weight excluding hydrogens is 320 g/mol. The second kappa shape index (κ2) is 10.7. The van der Waals surface area contributed by atoms with Crippen LogP contribution in [0.3, 0.4) is 0 Å². The van der Waals surface area contributed by atoms with Gasteiger partial charge in [0.15, 0.2) is 11.5 Å². The van der Waals surface area contributed by atoms with Gasteiger partial charge in [-0.3, -0.25) is 4.79 Å². The molecule has 2 N–H and O–H groups in total. The van der Waals surface area contributed by atoms with E-state index in [2.05, 4.69) is 10.5 Å². The van der Waals surface area contributed by atoms with E-state index < -0.39 is 11.5 Å². The molecule has 0 heterocycles. The summed E-state index contributed by atoms with van der Waals surface area (Å²) in [4.78, 5) is 12.4. The van der Waals surface area contributed by atoms with Gasteiger partial charge in [-0.25, -0.2) is 5.43 Å². The van der Waals surface area contributed by atoms with Crippen molar-refractivity contribution < 1.29 is 19.4 Å². The van der Waals surface area contributed by atoms with Gasteiger partial charge in [-0.05, 0) is 36.6 Å². The van der Waals surface area contributed by atoms with E-state index in [9.17, 15) is 9.90 Å². The number of carbonyl (C=O) groups excluding carboxylic acids is 1. The molecule has 0 aliphatic carbocycles. The van der Waals surface area contributed by atoms with Crippen LogP contribution in [-0.2, 0) is 4.79 Å². The van der Waals surface area contributed by atoms with Crippen molar-refractivity contribution in [3.05, 3.63) is 23.8 Å². The van der Waals surface area contributed by atoms with E-state index in [4.69, 9.17) is 9.47 Å². The molecule has 0 aliphatic rings. The molecule has 1 amide bonds. The number of hydrogen-bond acceptors (Lipinski definition) is 5. The molecular formula is C19H30N2O4. The van der Waals surface area contributed by atoms with E-state index in [0.717, 1.165) is 31.2 Å². The maximum absolute atomic E-state index is 12.4. The lowest BCUT2D eigenvalue weighted by Gasteiger charge is -2.25. The Hall–Kier alpha value is -2.08. The lowest BCUT2D eigenvalue weighted by Crippen LogP contribution is -2.45. The highest BCUT2D eigenvalue weighted by Gasteiger charge is 2.34. The maximum atomic E-state index is 12.4. The van der Waals surface area contributed by atoms with Gasteiger partial charge in [0.2, 0.25) is 0 Å². The Morgan fingerprint density at radius 2 is 1.76 bits per heavy atom. The number of methoxy groups -OCH3 is 2. The number of hydrazone groups is 1. The Balaban J connectivity index is 2.76. The summed E-state index contributed by atoms with van der Waals surface area (Å²) >= 11 is 0. The van der Waals surface area contributed by atoms with Crippen LogP contribution in [-0.4, -0.2) is 37.0 Å². The topological polar surface area (TPSA) is 80.2 Å². The predicted octanol–water partition coefficient (Wildman–Crippen LogP) is 3.27. The lowest BCUT2D eigenvalue weighted by atomic mass is 9.90. The molecule has 1 aromatic carbocycles. The zero-order valence-electron chi connectivity index (χ0n) is 15.7. The average Bonchev–Trinajstić information content (AvgIpc) is 2.64. The molecule has 25 heavy (non-hydrogen) atoms. The second-order valence-corrected chi connectivity index (χ2v) is 6.05. The fourth-order valence-electron chi connectivity index (χ4n) is 2.49. The van der Waals surface area contributed by atoms with Gasteiger partial charge in [-0.1, -0.05) is 39.5 Å². The average molecular weight is 350 g/mol. The number of nitrogens with one attached hydrogen (secondary N) is 1. The fourth-order valence-corrected chi connectivity index (χ4v) is 2.49. The van der Waals surface area contributed by atoms with Gasteiger partial charge in [0.05, 0.1) is 20.4 Å². The smallest absolute Gasteiger partial charge is 0.271 e. The highest BCUT2D eigenvalue weighted by atomic mass is 16.5. The molecule has 1 aromatic rings. The summed E-state index contributed by atoms with van der Waals surface area (Å²) in [5, 5.41) is 14.6. The third-order valence-electron chi connectivity index (χ3n) is 4.10. The summed E-state index contributed by atoms with van der Waals surface area (Å²) in [6.07, 6.45) is 5.86. The van der Waals surface area contributed by atoms with Gasteiger partial charge < -0.3 is 14.6 Å². The van der Waals surface area contributed by atoms with E-state index >= 15 is 0 Å². The van der Waals surface area contributed by atoms with Crippen LogP contribution in [0.5, 0.6) is 11.5 Å². The number of rotatable bonds is 11. The molecule has 0 spiro atoms. The van der Waals surface area contributed by atoms with Crippen LogP contribution in [0.1, 0.15) is 57.9 Å². The van der Waals surface area contributed by atoms with E-state index in [1.165, 1.54) is 6.21 Å².